The van der Waals surface area contributed by atoms with Gasteiger partial charge < -0.3 is 9.73 Å². The van der Waals surface area contributed by atoms with E-state index >= 15 is 0 Å². The van der Waals surface area contributed by atoms with Gasteiger partial charge in [-0.2, -0.15) is 0 Å². The van der Waals surface area contributed by atoms with Crippen molar-refractivity contribution >= 4 is 10.8 Å². The first-order chi connectivity index (χ1) is 9.92. The van der Waals surface area contributed by atoms with E-state index in [9.17, 15) is 4.21 Å². The van der Waals surface area contributed by atoms with Crippen molar-refractivity contribution in [2.24, 2.45) is 0 Å². The van der Waals surface area contributed by atoms with E-state index in [2.05, 4.69) is 26.1 Å². The van der Waals surface area contributed by atoms with Gasteiger partial charge in [0.05, 0.1) is 12.3 Å². The molecule has 3 nitrogen and oxygen atoms in total. The van der Waals surface area contributed by atoms with Crippen LogP contribution in [0.25, 0.3) is 0 Å². The molecule has 0 saturated carbocycles. The normalized spacial score (nSPS) is 13.3. The molecule has 2 rings (SSSR count). The third-order valence-corrected chi connectivity index (χ3v) is 4.25. The molecule has 0 bridgehead atoms. The Morgan fingerprint density at radius 3 is 2.33 bits per heavy atom. The molecule has 1 heterocycles. The Kier molecular flexibility index (Phi) is 5.37. The third-order valence-electron chi connectivity index (χ3n) is 2.98. The summed E-state index contributed by atoms with van der Waals surface area (Å²) in [6.07, 6.45) is 0. The van der Waals surface area contributed by atoms with E-state index in [1.165, 1.54) is 0 Å². The van der Waals surface area contributed by atoms with Gasteiger partial charge in [0.15, 0.2) is 0 Å². The summed E-state index contributed by atoms with van der Waals surface area (Å²) in [6.45, 7) is 7.04. The highest BCUT2D eigenvalue weighted by molar-refractivity contribution is 7.83. The molecule has 0 fully saturated rings. The maximum atomic E-state index is 12.1. The van der Waals surface area contributed by atoms with Gasteiger partial charge in [0.25, 0.3) is 0 Å². The van der Waals surface area contributed by atoms with E-state index in [-0.39, 0.29) is 5.54 Å². The Balaban J connectivity index is 1.86. The SMILES string of the molecule is CC(C)(C)NCc1ccc(CS(=O)Cc2ccccc2)o1. The predicted octanol–water partition coefficient (Wildman–Crippen LogP) is 3.62. The number of hydrogen-bond acceptors (Lipinski definition) is 3. The van der Waals surface area contributed by atoms with Crippen LogP contribution in [0, 0.1) is 0 Å². The Labute approximate surface area is 129 Å². The zero-order valence-electron chi connectivity index (χ0n) is 12.9. The van der Waals surface area contributed by atoms with Crippen LogP contribution < -0.4 is 5.32 Å². The van der Waals surface area contributed by atoms with Gasteiger partial charge in [0.1, 0.15) is 11.5 Å². The molecule has 0 saturated heterocycles. The van der Waals surface area contributed by atoms with Gasteiger partial charge in [-0.15, -0.1) is 0 Å². The Hall–Kier alpha value is -1.39. The zero-order valence-corrected chi connectivity index (χ0v) is 13.7. The quantitative estimate of drug-likeness (QED) is 0.886. The topological polar surface area (TPSA) is 42.2 Å². The molecule has 0 aliphatic rings. The first kappa shape index (κ1) is 16.0. The van der Waals surface area contributed by atoms with Crippen LogP contribution in [-0.4, -0.2) is 9.75 Å². The highest BCUT2D eigenvalue weighted by atomic mass is 32.2. The number of furan rings is 1. The summed E-state index contributed by atoms with van der Waals surface area (Å²) >= 11 is 0. The summed E-state index contributed by atoms with van der Waals surface area (Å²) in [5.74, 6) is 2.70. The summed E-state index contributed by atoms with van der Waals surface area (Å²) in [5, 5.41) is 3.38. The Morgan fingerprint density at radius 2 is 1.67 bits per heavy atom. The van der Waals surface area contributed by atoms with Gasteiger partial charge in [0, 0.05) is 22.1 Å². The molecule has 1 N–H and O–H groups in total. The van der Waals surface area contributed by atoms with Gasteiger partial charge in [-0.05, 0) is 38.5 Å². The lowest BCUT2D eigenvalue weighted by Gasteiger charge is -2.19. The van der Waals surface area contributed by atoms with E-state index in [4.69, 9.17) is 4.42 Å². The van der Waals surface area contributed by atoms with Crippen molar-refractivity contribution in [2.75, 3.05) is 0 Å². The first-order valence-corrected chi connectivity index (χ1v) is 8.63. The smallest absolute Gasteiger partial charge is 0.118 e. The van der Waals surface area contributed by atoms with Crippen molar-refractivity contribution in [3.05, 3.63) is 59.5 Å². The molecular formula is C17H23NO2S. The van der Waals surface area contributed by atoms with Crippen LogP contribution in [-0.2, 0) is 28.9 Å². The minimum absolute atomic E-state index is 0.0586. The molecule has 114 valence electrons. The molecule has 0 amide bonds. The second kappa shape index (κ2) is 7.05. The molecule has 0 radical (unpaired) electrons. The van der Waals surface area contributed by atoms with Crippen molar-refractivity contribution in [2.45, 2.75) is 44.4 Å². The van der Waals surface area contributed by atoms with Crippen LogP contribution in [0.1, 0.15) is 37.9 Å². The van der Waals surface area contributed by atoms with Crippen LogP contribution in [0.15, 0.2) is 46.9 Å². The van der Waals surface area contributed by atoms with Crippen LogP contribution in [0.4, 0.5) is 0 Å². The Morgan fingerprint density at radius 1 is 1.00 bits per heavy atom. The van der Waals surface area contributed by atoms with E-state index in [1.54, 1.807) is 0 Å². The summed E-state index contributed by atoms with van der Waals surface area (Å²) < 4.78 is 17.9. The largest absolute Gasteiger partial charge is 0.464 e. The second-order valence-corrected chi connectivity index (χ2v) is 7.64. The lowest BCUT2D eigenvalue weighted by Crippen LogP contribution is -2.34. The van der Waals surface area contributed by atoms with E-state index in [1.807, 2.05) is 42.5 Å². The van der Waals surface area contributed by atoms with Crippen molar-refractivity contribution in [3.63, 3.8) is 0 Å². The molecule has 2 aromatic rings. The fourth-order valence-corrected chi connectivity index (χ4v) is 3.06. The third kappa shape index (κ3) is 5.86. The fraction of sp³-hybridized carbons (Fsp3) is 0.412. The molecule has 0 spiro atoms. The van der Waals surface area contributed by atoms with E-state index in [0.29, 0.717) is 18.1 Å². The van der Waals surface area contributed by atoms with Gasteiger partial charge >= 0.3 is 0 Å². The highest BCUT2D eigenvalue weighted by Gasteiger charge is 2.11. The maximum absolute atomic E-state index is 12.1. The standard InChI is InChI=1S/C17H23NO2S/c1-17(2,3)18-11-15-9-10-16(20-15)13-21(19)12-14-7-5-4-6-8-14/h4-10,18H,11-13H2,1-3H3. The first-order valence-electron chi connectivity index (χ1n) is 7.14. The highest BCUT2D eigenvalue weighted by Crippen LogP contribution is 2.13. The predicted molar refractivity (Wildman–Crippen MR) is 87.3 cm³/mol. The van der Waals surface area contributed by atoms with Crippen LogP contribution >= 0.6 is 0 Å². The molecule has 1 aromatic carbocycles. The average Bonchev–Trinajstić information content (AvgIpc) is 2.84. The molecule has 4 heteroatoms. The van der Waals surface area contributed by atoms with Crippen LogP contribution in [0.3, 0.4) is 0 Å². The minimum Gasteiger partial charge on any atom is -0.464 e. The van der Waals surface area contributed by atoms with E-state index in [0.717, 1.165) is 17.1 Å². The van der Waals surface area contributed by atoms with E-state index < -0.39 is 10.8 Å². The number of nitrogens with one attached hydrogen (secondary N) is 1. The lowest BCUT2D eigenvalue weighted by molar-refractivity contribution is 0.382. The molecule has 0 aliphatic heterocycles. The van der Waals surface area contributed by atoms with Crippen LogP contribution in [0.2, 0.25) is 0 Å². The second-order valence-electron chi connectivity index (χ2n) is 6.19. The maximum Gasteiger partial charge on any atom is 0.118 e. The van der Waals surface area contributed by atoms with Crippen molar-refractivity contribution < 1.29 is 8.63 Å². The molecule has 0 aliphatic carbocycles. The molecule has 1 atom stereocenters. The summed E-state index contributed by atoms with van der Waals surface area (Å²) in [7, 11) is -0.944. The Bertz CT molecular complexity index is 584. The van der Waals surface area contributed by atoms with Crippen molar-refractivity contribution in [1.29, 1.82) is 0 Å². The van der Waals surface area contributed by atoms with Gasteiger partial charge in [-0.3, -0.25) is 4.21 Å². The summed E-state index contributed by atoms with van der Waals surface area (Å²) in [6, 6.07) is 13.8. The minimum atomic E-state index is -0.944. The number of benzene rings is 1. The van der Waals surface area contributed by atoms with Gasteiger partial charge in [0.2, 0.25) is 0 Å². The molecule has 1 unspecified atom stereocenters. The molecule has 21 heavy (non-hydrogen) atoms. The van der Waals surface area contributed by atoms with Gasteiger partial charge in [-0.25, -0.2) is 0 Å². The zero-order chi connectivity index (χ0) is 15.3. The number of rotatable bonds is 6. The molecular weight excluding hydrogens is 282 g/mol. The fourth-order valence-electron chi connectivity index (χ4n) is 1.92. The van der Waals surface area contributed by atoms with Crippen molar-refractivity contribution in [1.82, 2.24) is 5.32 Å². The average molecular weight is 305 g/mol. The summed E-state index contributed by atoms with van der Waals surface area (Å²) in [5.41, 5.74) is 1.15. The van der Waals surface area contributed by atoms with Crippen molar-refractivity contribution in [3.8, 4) is 0 Å². The van der Waals surface area contributed by atoms with Gasteiger partial charge in [-0.1, -0.05) is 30.3 Å². The summed E-state index contributed by atoms with van der Waals surface area (Å²) in [4.78, 5) is 0. The van der Waals surface area contributed by atoms with Crippen LogP contribution in [0.5, 0.6) is 0 Å². The monoisotopic (exact) mass is 305 g/mol. The lowest BCUT2D eigenvalue weighted by atomic mass is 10.1. The molecule has 1 aromatic heterocycles. The number of hydrogen-bond donors (Lipinski definition) is 1.